The highest BCUT2D eigenvalue weighted by atomic mass is 35.5. The van der Waals surface area contributed by atoms with E-state index in [1.54, 1.807) is 6.92 Å². The predicted molar refractivity (Wildman–Crippen MR) is 99.0 cm³/mol. The minimum atomic E-state index is -3.77. The molecule has 0 fully saturated rings. The zero-order chi connectivity index (χ0) is 18.6. The van der Waals surface area contributed by atoms with Crippen LogP contribution in [0.5, 0.6) is 0 Å². The van der Waals surface area contributed by atoms with Gasteiger partial charge in [0.2, 0.25) is 9.47 Å². The van der Waals surface area contributed by atoms with Crippen LogP contribution < -0.4 is 10.0 Å². The van der Waals surface area contributed by atoms with Gasteiger partial charge in [0.15, 0.2) is 0 Å². The van der Waals surface area contributed by atoms with E-state index in [1.807, 2.05) is 6.92 Å². The summed E-state index contributed by atoms with van der Waals surface area (Å²) >= 11 is 12.5. The van der Waals surface area contributed by atoms with Crippen molar-refractivity contribution in [2.45, 2.75) is 37.1 Å². The molecule has 0 bridgehead atoms. The lowest BCUT2D eigenvalue weighted by atomic mass is 10.2. The number of nitrogens with one attached hydrogen (secondary N) is 2. The van der Waals surface area contributed by atoms with Gasteiger partial charge in [-0.15, -0.1) is 10.2 Å². The molecule has 0 spiro atoms. The maximum atomic E-state index is 12.2. The second kappa shape index (κ2) is 8.41. The number of anilines is 1. The standard InChI is InChI=1S/C14H16Cl2N4O3S2/c1-3-4-8(2)20-25(22,23)14-19-18-13(24-14)17-12(21)10-6-5-9(15)7-11(10)16/h5-8,20H,3-4H2,1-2H3,(H,17,18,21). The largest absolute Gasteiger partial charge is 0.296 e. The Morgan fingerprint density at radius 1 is 1.32 bits per heavy atom. The minimum Gasteiger partial charge on any atom is -0.296 e. The average Bonchev–Trinajstić information content (AvgIpc) is 2.96. The molecule has 0 aliphatic heterocycles. The van der Waals surface area contributed by atoms with Crippen molar-refractivity contribution in [2.24, 2.45) is 0 Å². The Bertz CT molecular complexity index is 871. The summed E-state index contributed by atoms with van der Waals surface area (Å²) < 4.78 is 26.8. The molecule has 1 aromatic carbocycles. The number of benzene rings is 1. The molecule has 1 aromatic heterocycles. The van der Waals surface area contributed by atoms with Gasteiger partial charge in [-0.05, 0) is 31.5 Å². The Kier molecular flexibility index (Phi) is 6.75. The topological polar surface area (TPSA) is 101 Å². The maximum absolute atomic E-state index is 12.2. The molecule has 1 heterocycles. The first kappa shape index (κ1) is 20.1. The number of carbonyl (C=O) groups is 1. The number of hydrogen-bond acceptors (Lipinski definition) is 6. The second-order valence-corrected chi connectivity index (χ2v) is 8.97. The van der Waals surface area contributed by atoms with E-state index in [-0.39, 0.29) is 26.1 Å². The molecular weight excluding hydrogens is 407 g/mol. The van der Waals surface area contributed by atoms with Crippen molar-refractivity contribution in [3.05, 3.63) is 33.8 Å². The fraction of sp³-hybridized carbons (Fsp3) is 0.357. The fourth-order valence-electron chi connectivity index (χ4n) is 2.01. The lowest BCUT2D eigenvalue weighted by Crippen LogP contribution is -2.32. The molecule has 0 saturated carbocycles. The maximum Gasteiger partial charge on any atom is 0.270 e. The smallest absolute Gasteiger partial charge is 0.270 e. The van der Waals surface area contributed by atoms with Crippen molar-refractivity contribution in [3.63, 3.8) is 0 Å². The van der Waals surface area contributed by atoms with Gasteiger partial charge in [-0.3, -0.25) is 10.1 Å². The van der Waals surface area contributed by atoms with E-state index < -0.39 is 15.9 Å². The van der Waals surface area contributed by atoms with Crippen LogP contribution >= 0.6 is 34.5 Å². The molecule has 0 aliphatic carbocycles. The molecule has 0 saturated heterocycles. The molecule has 25 heavy (non-hydrogen) atoms. The van der Waals surface area contributed by atoms with E-state index in [2.05, 4.69) is 20.2 Å². The first-order valence-corrected chi connectivity index (χ1v) is 10.4. The van der Waals surface area contributed by atoms with Crippen molar-refractivity contribution in [2.75, 3.05) is 5.32 Å². The number of rotatable bonds is 7. The third kappa shape index (κ3) is 5.35. The van der Waals surface area contributed by atoms with Gasteiger partial charge >= 0.3 is 0 Å². The number of hydrogen-bond donors (Lipinski definition) is 2. The molecule has 1 atom stereocenters. The lowest BCUT2D eigenvalue weighted by Gasteiger charge is -2.10. The number of aromatic nitrogens is 2. The normalized spacial score (nSPS) is 12.8. The molecule has 2 rings (SSSR count). The third-order valence-electron chi connectivity index (χ3n) is 3.11. The number of sulfonamides is 1. The zero-order valence-electron chi connectivity index (χ0n) is 13.4. The Labute approximate surface area is 159 Å². The van der Waals surface area contributed by atoms with Gasteiger partial charge in [0, 0.05) is 11.1 Å². The number of carbonyl (C=O) groups excluding carboxylic acids is 1. The van der Waals surface area contributed by atoms with E-state index in [0.29, 0.717) is 11.4 Å². The second-order valence-electron chi connectivity index (χ2n) is 5.26. The Balaban J connectivity index is 2.12. The summed E-state index contributed by atoms with van der Waals surface area (Å²) in [4.78, 5) is 12.2. The molecule has 2 aromatic rings. The highest BCUT2D eigenvalue weighted by Gasteiger charge is 2.23. The van der Waals surface area contributed by atoms with Gasteiger partial charge in [-0.25, -0.2) is 13.1 Å². The molecule has 1 amide bonds. The van der Waals surface area contributed by atoms with E-state index in [9.17, 15) is 13.2 Å². The lowest BCUT2D eigenvalue weighted by molar-refractivity contribution is 0.102. The predicted octanol–water partition coefficient (Wildman–Crippen LogP) is 3.56. The van der Waals surface area contributed by atoms with Crippen LogP contribution in [0.3, 0.4) is 0 Å². The monoisotopic (exact) mass is 422 g/mol. The number of halogens is 2. The van der Waals surface area contributed by atoms with Crippen LogP contribution in [0.15, 0.2) is 22.5 Å². The number of amides is 1. The van der Waals surface area contributed by atoms with E-state index >= 15 is 0 Å². The van der Waals surface area contributed by atoms with Crippen LogP contribution in [0.2, 0.25) is 10.0 Å². The molecule has 0 aliphatic rings. The van der Waals surface area contributed by atoms with Gasteiger partial charge < -0.3 is 0 Å². The first-order chi connectivity index (χ1) is 11.7. The summed E-state index contributed by atoms with van der Waals surface area (Å²) in [5, 5.41) is 10.4. The quantitative estimate of drug-likeness (QED) is 0.664. The molecule has 7 nitrogen and oxygen atoms in total. The van der Waals surface area contributed by atoms with Crippen molar-refractivity contribution < 1.29 is 13.2 Å². The van der Waals surface area contributed by atoms with Crippen LogP contribution in [0.1, 0.15) is 37.0 Å². The van der Waals surface area contributed by atoms with E-state index in [1.165, 1.54) is 18.2 Å². The summed E-state index contributed by atoms with van der Waals surface area (Å²) in [6.07, 6.45) is 1.56. The number of nitrogens with zero attached hydrogens (tertiary/aromatic N) is 2. The van der Waals surface area contributed by atoms with Crippen LogP contribution in [0.4, 0.5) is 5.13 Å². The molecule has 1 unspecified atom stereocenters. The molecule has 0 radical (unpaired) electrons. The van der Waals surface area contributed by atoms with Crippen molar-refractivity contribution in [1.82, 2.24) is 14.9 Å². The molecule has 11 heteroatoms. The highest BCUT2D eigenvalue weighted by Crippen LogP contribution is 2.24. The Morgan fingerprint density at radius 3 is 2.68 bits per heavy atom. The Morgan fingerprint density at radius 2 is 2.04 bits per heavy atom. The summed E-state index contributed by atoms with van der Waals surface area (Å²) in [6.45, 7) is 3.73. The van der Waals surface area contributed by atoms with Gasteiger partial charge in [0.05, 0.1) is 10.6 Å². The SMILES string of the molecule is CCCC(C)NS(=O)(=O)c1nnc(NC(=O)c2ccc(Cl)cc2Cl)s1. The van der Waals surface area contributed by atoms with E-state index in [0.717, 1.165) is 17.8 Å². The molecule has 2 N–H and O–H groups in total. The van der Waals surface area contributed by atoms with Crippen LogP contribution in [0.25, 0.3) is 0 Å². The van der Waals surface area contributed by atoms with Crippen LogP contribution in [-0.2, 0) is 10.0 Å². The van der Waals surface area contributed by atoms with Gasteiger partial charge in [0.1, 0.15) is 0 Å². The summed E-state index contributed by atoms with van der Waals surface area (Å²) in [5.41, 5.74) is 0.195. The van der Waals surface area contributed by atoms with Crippen LogP contribution in [0, 0.1) is 0 Å². The van der Waals surface area contributed by atoms with Gasteiger partial charge in [-0.1, -0.05) is 47.9 Å². The third-order valence-corrected chi connectivity index (χ3v) is 6.45. The van der Waals surface area contributed by atoms with Crippen molar-refractivity contribution in [1.29, 1.82) is 0 Å². The fourth-order valence-corrected chi connectivity index (χ4v) is 4.70. The first-order valence-electron chi connectivity index (χ1n) is 7.35. The highest BCUT2D eigenvalue weighted by molar-refractivity contribution is 7.91. The average molecular weight is 423 g/mol. The molecule has 136 valence electrons. The van der Waals surface area contributed by atoms with Crippen molar-refractivity contribution in [3.8, 4) is 0 Å². The zero-order valence-corrected chi connectivity index (χ0v) is 16.6. The van der Waals surface area contributed by atoms with E-state index in [4.69, 9.17) is 23.2 Å². The summed E-state index contributed by atoms with van der Waals surface area (Å²) in [6, 6.07) is 4.21. The van der Waals surface area contributed by atoms with Crippen molar-refractivity contribution >= 4 is 55.6 Å². The summed E-state index contributed by atoms with van der Waals surface area (Å²) in [5.74, 6) is -0.533. The molecular formula is C14H16Cl2N4O3S2. The minimum absolute atomic E-state index is 0.0551. The van der Waals surface area contributed by atoms with Crippen LogP contribution in [-0.4, -0.2) is 30.6 Å². The van der Waals surface area contributed by atoms with Gasteiger partial charge in [-0.2, -0.15) is 0 Å². The summed E-state index contributed by atoms with van der Waals surface area (Å²) in [7, 11) is -3.77. The van der Waals surface area contributed by atoms with Gasteiger partial charge in [0.25, 0.3) is 15.9 Å². The Hall–Kier alpha value is -1.26.